The molecule has 2 aromatic carbocycles. The summed E-state index contributed by atoms with van der Waals surface area (Å²) >= 11 is 7.72. The summed E-state index contributed by atoms with van der Waals surface area (Å²) in [7, 11) is 2.90. The number of aromatic nitrogens is 2. The summed E-state index contributed by atoms with van der Waals surface area (Å²) in [4.78, 5) is 45.6. The summed E-state index contributed by atoms with van der Waals surface area (Å²) in [6, 6.07) is 11.8. The monoisotopic (exact) mass is 661 g/mol. The molecule has 1 aliphatic rings. The average Bonchev–Trinajstić information content (AvgIpc) is 3.49. The highest BCUT2D eigenvalue weighted by molar-refractivity contribution is 7.07. The van der Waals surface area contributed by atoms with Crippen LogP contribution in [0.15, 0.2) is 63.5 Å². The van der Waals surface area contributed by atoms with Crippen molar-refractivity contribution < 1.29 is 23.8 Å². The van der Waals surface area contributed by atoms with E-state index in [2.05, 4.69) is 4.57 Å². The standard InChI is InChI=1S/C35H36ClN3O6S/c1-8-11-26-30(34(42)45-9-2)31(25-18-23(36)14-15-28(25)43-6)39-32(40)29(46-35(39)37-26)17-22-16-19(3)38(21(22)5)27-13-10-12-24(20(27)4)33(41)44-7/h10,12-18,31H,8-9,11H2,1-7H3/b29-17-/t31-/m1/s1. The molecule has 9 nitrogen and oxygen atoms in total. The highest BCUT2D eigenvalue weighted by Gasteiger charge is 2.36. The SMILES string of the molecule is CCCC1=C(C(=O)OCC)[C@@H](c2cc(Cl)ccc2OC)n2c(s/c(=C\c3cc(C)n(-c4cccc(C(=O)OC)c4C)c3C)c2=O)=N1. The van der Waals surface area contributed by atoms with E-state index < -0.39 is 18.0 Å². The van der Waals surface area contributed by atoms with Crippen molar-refractivity contribution in [1.29, 1.82) is 0 Å². The lowest BCUT2D eigenvalue weighted by Gasteiger charge is -2.27. The molecule has 240 valence electrons. The number of benzene rings is 2. The van der Waals surface area contributed by atoms with Gasteiger partial charge in [0.25, 0.3) is 5.56 Å². The fourth-order valence-corrected chi connectivity index (χ4v) is 7.17. The van der Waals surface area contributed by atoms with Crippen LogP contribution in [-0.2, 0) is 14.3 Å². The van der Waals surface area contributed by atoms with E-state index in [4.69, 9.17) is 30.8 Å². The molecule has 3 heterocycles. The first kappa shape index (κ1) is 33.0. The second kappa shape index (κ2) is 13.5. The van der Waals surface area contributed by atoms with Gasteiger partial charge >= 0.3 is 11.9 Å². The van der Waals surface area contributed by atoms with Crippen LogP contribution < -0.4 is 19.6 Å². The van der Waals surface area contributed by atoms with Gasteiger partial charge in [0.05, 0.1) is 42.2 Å². The largest absolute Gasteiger partial charge is 0.496 e. The Kier molecular flexibility index (Phi) is 9.69. The van der Waals surface area contributed by atoms with Crippen molar-refractivity contribution in [1.82, 2.24) is 9.13 Å². The third-order valence-corrected chi connectivity index (χ3v) is 9.30. The number of esters is 2. The number of hydrogen-bond donors (Lipinski definition) is 0. The molecule has 11 heteroatoms. The molecule has 0 unspecified atom stereocenters. The average molecular weight is 662 g/mol. The zero-order chi connectivity index (χ0) is 33.3. The van der Waals surface area contributed by atoms with Gasteiger partial charge in [0.1, 0.15) is 11.8 Å². The normalized spacial score (nSPS) is 14.6. The predicted octanol–water partition coefficient (Wildman–Crippen LogP) is 5.74. The Morgan fingerprint density at radius 3 is 2.50 bits per heavy atom. The number of ether oxygens (including phenoxy) is 3. The third kappa shape index (κ3) is 5.83. The molecule has 46 heavy (non-hydrogen) atoms. The second-order valence-electron chi connectivity index (χ2n) is 10.9. The summed E-state index contributed by atoms with van der Waals surface area (Å²) in [5.41, 5.74) is 5.89. The zero-order valence-electron chi connectivity index (χ0n) is 26.9. The molecule has 0 amide bonds. The maximum atomic E-state index is 14.3. The molecule has 0 fully saturated rings. The summed E-state index contributed by atoms with van der Waals surface area (Å²) in [6.45, 7) is 9.75. The van der Waals surface area contributed by atoms with Crippen molar-refractivity contribution in [2.45, 2.75) is 53.5 Å². The van der Waals surface area contributed by atoms with E-state index in [1.54, 1.807) is 35.8 Å². The molecule has 0 spiro atoms. The number of halogens is 1. The molecular formula is C35H36ClN3O6S. The van der Waals surface area contributed by atoms with Crippen molar-refractivity contribution in [2.75, 3.05) is 20.8 Å². The van der Waals surface area contributed by atoms with Gasteiger partial charge in [0.2, 0.25) is 0 Å². The van der Waals surface area contributed by atoms with E-state index in [9.17, 15) is 14.4 Å². The van der Waals surface area contributed by atoms with Crippen LogP contribution in [0.4, 0.5) is 0 Å². The van der Waals surface area contributed by atoms with Crippen molar-refractivity contribution in [2.24, 2.45) is 4.99 Å². The Morgan fingerprint density at radius 2 is 1.83 bits per heavy atom. The number of methoxy groups -OCH3 is 2. The number of thiazole rings is 1. The number of hydrogen-bond acceptors (Lipinski definition) is 8. The first-order chi connectivity index (χ1) is 22.1. The van der Waals surface area contributed by atoms with E-state index in [1.165, 1.54) is 25.6 Å². The van der Waals surface area contributed by atoms with E-state index in [0.29, 0.717) is 48.9 Å². The van der Waals surface area contributed by atoms with Crippen LogP contribution in [0, 0.1) is 20.8 Å². The van der Waals surface area contributed by atoms with Crippen LogP contribution in [0.25, 0.3) is 11.8 Å². The van der Waals surface area contributed by atoms with E-state index in [0.717, 1.165) is 34.6 Å². The van der Waals surface area contributed by atoms with Crippen molar-refractivity contribution in [3.8, 4) is 11.4 Å². The molecular weight excluding hydrogens is 626 g/mol. The molecule has 0 saturated heterocycles. The van der Waals surface area contributed by atoms with Crippen LogP contribution in [-0.4, -0.2) is 41.9 Å². The number of carbonyl (C=O) groups is 2. The minimum absolute atomic E-state index is 0.170. The predicted molar refractivity (Wildman–Crippen MR) is 179 cm³/mol. The molecule has 0 bridgehead atoms. The van der Waals surface area contributed by atoms with Crippen molar-refractivity contribution in [3.05, 3.63) is 112 Å². The highest BCUT2D eigenvalue weighted by atomic mass is 35.5. The Morgan fingerprint density at radius 1 is 1.07 bits per heavy atom. The molecule has 0 saturated carbocycles. The van der Waals surface area contributed by atoms with Crippen LogP contribution in [0.3, 0.4) is 0 Å². The lowest BCUT2D eigenvalue weighted by atomic mass is 9.93. The summed E-state index contributed by atoms with van der Waals surface area (Å²) < 4.78 is 20.2. The summed E-state index contributed by atoms with van der Waals surface area (Å²) in [5.74, 6) is -0.459. The minimum Gasteiger partial charge on any atom is -0.496 e. The molecule has 4 aromatic rings. The Labute approximate surface area is 276 Å². The topological polar surface area (TPSA) is 101 Å². The fraction of sp³-hybridized carbons (Fsp3) is 0.314. The number of aryl methyl sites for hydroxylation is 1. The maximum Gasteiger partial charge on any atom is 0.338 e. The summed E-state index contributed by atoms with van der Waals surface area (Å²) in [5, 5.41) is 0.439. The molecule has 1 atom stereocenters. The molecule has 0 aliphatic carbocycles. The van der Waals surface area contributed by atoms with Gasteiger partial charge in [-0.1, -0.05) is 42.3 Å². The first-order valence-corrected chi connectivity index (χ1v) is 16.2. The lowest BCUT2D eigenvalue weighted by molar-refractivity contribution is -0.139. The van der Waals surface area contributed by atoms with Gasteiger partial charge in [0.15, 0.2) is 4.80 Å². The summed E-state index contributed by atoms with van der Waals surface area (Å²) in [6.07, 6.45) is 3.10. The number of allylic oxidation sites excluding steroid dienone is 1. The van der Waals surface area contributed by atoms with Gasteiger partial charge in [-0.15, -0.1) is 0 Å². The minimum atomic E-state index is -0.858. The molecule has 2 aromatic heterocycles. The number of carbonyl (C=O) groups excluding carboxylic acids is 2. The Hall–Kier alpha value is -4.41. The van der Waals surface area contributed by atoms with Gasteiger partial charge < -0.3 is 18.8 Å². The second-order valence-corrected chi connectivity index (χ2v) is 12.3. The van der Waals surface area contributed by atoms with Crippen LogP contribution >= 0.6 is 22.9 Å². The van der Waals surface area contributed by atoms with E-state index in [-0.39, 0.29) is 12.2 Å². The van der Waals surface area contributed by atoms with E-state index >= 15 is 0 Å². The molecule has 5 rings (SSSR count). The van der Waals surface area contributed by atoms with Crippen molar-refractivity contribution >= 4 is 41.0 Å². The van der Waals surface area contributed by atoms with Gasteiger partial charge in [-0.05, 0) is 87.7 Å². The fourth-order valence-electron chi connectivity index (χ4n) is 5.98. The number of nitrogens with zero attached hydrogens (tertiary/aromatic N) is 3. The van der Waals surface area contributed by atoms with Gasteiger partial charge in [-0.2, -0.15) is 0 Å². The zero-order valence-corrected chi connectivity index (χ0v) is 28.5. The van der Waals surface area contributed by atoms with Gasteiger partial charge in [0, 0.05) is 27.7 Å². The quantitative estimate of drug-likeness (QED) is 0.212. The highest BCUT2D eigenvalue weighted by Crippen LogP contribution is 2.38. The van der Waals surface area contributed by atoms with Gasteiger partial charge in [-0.3, -0.25) is 9.36 Å². The lowest BCUT2D eigenvalue weighted by Crippen LogP contribution is -2.40. The van der Waals surface area contributed by atoms with E-state index in [1.807, 2.05) is 52.0 Å². The smallest absolute Gasteiger partial charge is 0.338 e. The van der Waals surface area contributed by atoms with Crippen LogP contribution in [0.1, 0.15) is 71.2 Å². The van der Waals surface area contributed by atoms with Crippen molar-refractivity contribution in [3.63, 3.8) is 0 Å². The molecule has 0 radical (unpaired) electrons. The third-order valence-electron chi connectivity index (χ3n) is 8.09. The first-order valence-electron chi connectivity index (χ1n) is 15.0. The van der Waals surface area contributed by atoms with Crippen LogP contribution in [0.2, 0.25) is 5.02 Å². The maximum absolute atomic E-state index is 14.3. The Balaban J connectivity index is 1.75. The van der Waals surface area contributed by atoms with Gasteiger partial charge in [-0.25, -0.2) is 14.6 Å². The van der Waals surface area contributed by atoms with Crippen LogP contribution in [0.5, 0.6) is 5.75 Å². The molecule has 0 N–H and O–H groups in total. The molecule has 1 aliphatic heterocycles. The number of fused-ring (bicyclic) bond motifs is 1. The Bertz CT molecular complexity index is 2070. The number of rotatable bonds is 9.